The number of unbranched alkanes of at least 4 members (excludes halogenated alkanes) is 2. The van der Waals surface area contributed by atoms with Gasteiger partial charge >= 0.3 is 0 Å². The van der Waals surface area contributed by atoms with Crippen molar-refractivity contribution in [1.29, 1.82) is 0 Å². The molecule has 0 spiro atoms. The van der Waals surface area contributed by atoms with Crippen LogP contribution in [0.5, 0.6) is 0 Å². The Morgan fingerprint density at radius 2 is 1.85 bits per heavy atom. The second-order valence-corrected chi connectivity index (χ2v) is 9.44. The van der Waals surface area contributed by atoms with E-state index in [1.54, 1.807) is 0 Å². The van der Waals surface area contributed by atoms with Gasteiger partial charge in [-0.25, -0.2) is 5.06 Å². The summed E-state index contributed by atoms with van der Waals surface area (Å²) in [7, 11) is 2.15. The molecule has 2 aliphatic rings. The van der Waals surface area contributed by atoms with Gasteiger partial charge in [0, 0.05) is 18.5 Å². The van der Waals surface area contributed by atoms with Gasteiger partial charge in [-0.1, -0.05) is 33.1 Å². The van der Waals surface area contributed by atoms with E-state index >= 15 is 0 Å². The molecule has 1 saturated heterocycles. The molecule has 11 nitrogen and oxygen atoms in total. The van der Waals surface area contributed by atoms with Crippen LogP contribution in [0.15, 0.2) is 0 Å². The lowest BCUT2D eigenvalue weighted by molar-refractivity contribution is -0.154. The quantitative estimate of drug-likeness (QED) is 0.160. The highest BCUT2D eigenvalue weighted by atomic mass is 16.5. The molecule has 2 fully saturated rings. The van der Waals surface area contributed by atoms with E-state index in [1.165, 1.54) is 0 Å². The van der Waals surface area contributed by atoms with E-state index < -0.39 is 5.92 Å². The molecule has 190 valence electrons. The molecule has 1 unspecified atom stereocenters. The number of hydrogen-bond donors (Lipinski definition) is 3. The van der Waals surface area contributed by atoms with Crippen LogP contribution < -0.4 is 15.8 Å². The Morgan fingerprint density at radius 3 is 2.47 bits per heavy atom. The number of hydrogen-bond acceptors (Lipinski definition) is 9. The van der Waals surface area contributed by atoms with Crippen molar-refractivity contribution in [2.45, 2.75) is 83.7 Å². The number of piperidine rings is 1. The molecule has 1 atom stereocenters. The number of aryl methyl sites for hydroxylation is 1. The van der Waals surface area contributed by atoms with E-state index in [1.807, 2.05) is 6.92 Å². The molecular formula is C23H40N8O3. The minimum absolute atomic E-state index is 0.0605. The summed E-state index contributed by atoms with van der Waals surface area (Å²) in [6, 6.07) is 0.866. The second kappa shape index (κ2) is 12.8. The Morgan fingerprint density at radius 1 is 1.15 bits per heavy atom. The monoisotopic (exact) mass is 476 g/mol. The first-order chi connectivity index (χ1) is 16.4. The van der Waals surface area contributed by atoms with Crippen molar-refractivity contribution in [2.24, 2.45) is 5.92 Å². The summed E-state index contributed by atoms with van der Waals surface area (Å²) in [6.45, 7) is 6.14. The number of nitrogens with one attached hydrogen (secondary N) is 2. The Kier molecular flexibility index (Phi) is 9.82. The number of carbonyl (C=O) groups is 2. The molecule has 1 aliphatic heterocycles. The van der Waals surface area contributed by atoms with Crippen LogP contribution in [0.2, 0.25) is 0 Å². The summed E-state index contributed by atoms with van der Waals surface area (Å²) >= 11 is 0. The van der Waals surface area contributed by atoms with Gasteiger partial charge in [-0.3, -0.25) is 25.6 Å². The van der Waals surface area contributed by atoms with E-state index in [2.05, 4.69) is 44.6 Å². The Balaban J connectivity index is 1.70. The highest BCUT2D eigenvalue weighted by Gasteiger charge is 2.37. The van der Waals surface area contributed by atoms with Crippen LogP contribution in [-0.4, -0.2) is 81.2 Å². The summed E-state index contributed by atoms with van der Waals surface area (Å²) in [6.07, 6.45) is 8.82. The zero-order chi connectivity index (χ0) is 24.5. The van der Waals surface area contributed by atoms with Gasteiger partial charge in [-0.05, 0) is 52.2 Å². The molecule has 2 amide bonds. The van der Waals surface area contributed by atoms with E-state index in [0.29, 0.717) is 54.1 Å². The number of rotatable bonds is 14. The van der Waals surface area contributed by atoms with E-state index in [4.69, 9.17) is 4.98 Å². The fraction of sp³-hybridized carbons (Fsp3) is 0.783. The zero-order valence-electron chi connectivity index (χ0n) is 20.7. The van der Waals surface area contributed by atoms with Gasteiger partial charge in [0.05, 0.1) is 12.5 Å². The molecule has 1 aromatic rings. The lowest BCUT2D eigenvalue weighted by Gasteiger charge is -2.37. The maximum Gasteiger partial charge on any atom is 0.246 e. The predicted molar refractivity (Wildman–Crippen MR) is 129 cm³/mol. The standard InChI is InChI=1S/C23H40N8O3/c1-4-6-7-8-17(15-30(34)16-32)21(33)27-28-22-24-20(5-2)25-23(26-22)31(18-9-10-18)19-11-13-29(3)14-12-19/h16-19,34H,4-15H2,1-3H3,(H,27,33)(H,24,25,26,28). The molecule has 34 heavy (non-hydrogen) atoms. The summed E-state index contributed by atoms with van der Waals surface area (Å²) in [5.74, 6) is 0.789. The third-order valence-electron chi connectivity index (χ3n) is 6.59. The normalized spacial score (nSPS) is 17.8. The minimum atomic E-state index is -0.539. The van der Waals surface area contributed by atoms with Crippen molar-refractivity contribution in [3.8, 4) is 0 Å². The molecular weight excluding hydrogens is 436 g/mol. The molecule has 0 aromatic carbocycles. The van der Waals surface area contributed by atoms with Crippen molar-refractivity contribution in [3.05, 3.63) is 5.82 Å². The van der Waals surface area contributed by atoms with Crippen molar-refractivity contribution < 1.29 is 14.8 Å². The first-order valence-corrected chi connectivity index (χ1v) is 12.6. The Bertz CT molecular complexity index is 798. The number of anilines is 2. The summed E-state index contributed by atoms with van der Waals surface area (Å²) in [4.78, 5) is 42.2. The van der Waals surface area contributed by atoms with Crippen molar-refractivity contribution in [3.63, 3.8) is 0 Å². The number of hydrazine groups is 1. The largest absolute Gasteiger partial charge is 0.335 e. The van der Waals surface area contributed by atoms with Crippen molar-refractivity contribution in [2.75, 3.05) is 37.0 Å². The van der Waals surface area contributed by atoms with Gasteiger partial charge in [-0.15, -0.1) is 0 Å². The third-order valence-corrected chi connectivity index (χ3v) is 6.59. The van der Waals surface area contributed by atoms with Gasteiger partial charge in [0.2, 0.25) is 24.2 Å². The van der Waals surface area contributed by atoms with Crippen LogP contribution in [0.4, 0.5) is 11.9 Å². The SMILES string of the molecule is CCCCCC(CN(O)C=O)C(=O)NNc1nc(CC)nc(N(C2CC2)C2CCN(C)CC2)n1. The van der Waals surface area contributed by atoms with Crippen LogP contribution >= 0.6 is 0 Å². The van der Waals surface area contributed by atoms with Crippen LogP contribution in [0, 0.1) is 5.92 Å². The zero-order valence-corrected chi connectivity index (χ0v) is 20.7. The number of hydroxylamine groups is 2. The smallest absolute Gasteiger partial charge is 0.246 e. The molecule has 0 bridgehead atoms. The summed E-state index contributed by atoms with van der Waals surface area (Å²) in [5, 5.41) is 10.1. The van der Waals surface area contributed by atoms with E-state index in [0.717, 1.165) is 58.0 Å². The molecule has 0 radical (unpaired) electrons. The maximum absolute atomic E-state index is 12.8. The second-order valence-electron chi connectivity index (χ2n) is 9.44. The predicted octanol–water partition coefficient (Wildman–Crippen LogP) is 1.98. The number of amides is 2. The summed E-state index contributed by atoms with van der Waals surface area (Å²) < 4.78 is 0. The molecule has 3 rings (SSSR count). The first-order valence-electron chi connectivity index (χ1n) is 12.6. The summed E-state index contributed by atoms with van der Waals surface area (Å²) in [5.41, 5.74) is 5.54. The lowest BCUT2D eigenvalue weighted by atomic mass is 10.0. The number of likely N-dealkylation sites (tertiary alicyclic amines) is 1. The van der Waals surface area contributed by atoms with Crippen molar-refractivity contribution in [1.82, 2.24) is 30.3 Å². The number of carbonyl (C=O) groups excluding carboxylic acids is 2. The molecule has 2 heterocycles. The molecule has 1 saturated carbocycles. The minimum Gasteiger partial charge on any atom is -0.335 e. The molecule has 1 aromatic heterocycles. The van der Waals surface area contributed by atoms with Gasteiger partial charge in [-0.2, -0.15) is 15.0 Å². The fourth-order valence-corrected chi connectivity index (χ4v) is 4.42. The molecule has 3 N–H and O–H groups in total. The topological polar surface area (TPSA) is 127 Å². The molecule has 1 aliphatic carbocycles. The maximum atomic E-state index is 12.8. The van der Waals surface area contributed by atoms with E-state index in [9.17, 15) is 14.8 Å². The van der Waals surface area contributed by atoms with Crippen LogP contribution in [0.1, 0.15) is 71.0 Å². The highest BCUT2D eigenvalue weighted by molar-refractivity contribution is 5.80. The number of aromatic nitrogens is 3. The average molecular weight is 477 g/mol. The average Bonchev–Trinajstić information content (AvgIpc) is 3.68. The van der Waals surface area contributed by atoms with Crippen molar-refractivity contribution >= 4 is 24.2 Å². The van der Waals surface area contributed by atoms with Crippen LogP contribution in [-0.2, 0) is 16.0 Å². The van der Waals surface area contributed by atoms with Crippen LogP contribution in [0.3, 0.4) is 0 Å². The van der Waals surface area contributed by atoms with Gasteiger partial charge in [0.1, 0.15) is 5.82 Å². The Labute approximate surface area is 202 Å². The van der Waals surface area contributed by atoms with Gasteiger partial charge < -0.3 is 9.80 Å². The van der Waals surface area contributed by atoms with Gasteiger partial charge in [0.25, 0.3) is 0 Å². The fourth-order valence-electron chi connectivity index (χ4n) is 4.42. The third kappa shape index (κ3) is 7.49. The van der Waals surface area contributed by atoms with Crippen LogP contribution in [0.25, 0.3) is 0 Å². The first kappa shape index (κ1) is 26.1. The lowest BCUT2D eigenvalue weighted by Crippen LogP contribution is -2.46. The van der Waals surface area contributed by atoms with Gasteiger partial charge in [0.15, 0.2) is 0 Å². The molecule has 11 heteroatoms. The number of nitrogens with zero attached hydrogens (tertiary/aromatic N) is 6. The Hall–Kier alpha value is -2.53. The van der Waals surface area contributed by atoms with E-state index in [-0.39, 0.29) is 12.5 Å². The highest BCUT2D eigenvalue weighted by Crippen LogP contribution is 2.34.